The molecule has 0 atom stereocenters. The van der Waals surface area contributed by atoms with Crippen molar-refractivity contribution in [3.63, 3.8) is 0 Å². The Kier molecular flexibility index (Phi) is 8.88. The van der Waals surface area contributed by atoms with E-state index in [2.05, 4.69) is 56.2 Å². The first-order valence-corrected chi connectivity index (χ1v) is 11.7. The van der Waals surface area contributed by atoms with Gasteiger partial charge >= 0.3 is 0 Å². The molecular weight excluding hydrogens is 536 g/mol. The molecule has 0 aliphatic carbocycles. The number of halogens is 2. The molecule has 1 amide bonds. The fourth-order valence-corrected chi connectivity index (χ4v) is 3.70. The largest absolute Gasteiger partial charge is 0.488 e. The maximum absolute atomic E-state index is 12.2. The van der Waals surface area contributed by atoms with Crippen LogP contribution < -0.4 is 14.9 Å². The number of carbonyl (C=O) groups is 1. The first-order chi connectivity index (χ1) is 15.4. The lowest BCUT2D eigenvalue weighted by Gasteiger charge is -2.14. The number of carbonyl (C=O) groups excluding carboxylic acids is 1. The third-order valence-electron chi connectivity index (χ3n) is 4.55. The van der Waals surface area contributed by atoms with Crippen LogP contribution in [-0.4, -0.2) is 18.7 Å². The normalized spacial score (nSPS) is 11.0. The Morgan fingerprint density at radius 1 is 0.969 bits per heavy atom. The van der Waals surface area contributed by atoms with E-state index in [9.17, 15) is 4.79 Å². The lowest BCUT2D eigenvalue weighted by Crippen LogP contribution is -2.25. The highest BCUT2D eigenvalue weighted by atomic mass is 79.9. The SMILES string of the molecule is CC(C)c1cc(Br)ccc1OCC(=O)N/N=C/c1cc(Br)ccc1OCc1ccccc1. The van der Waals surface area contributed by atoms with Crippen molar-refractivity contribution in [3.8, 4) is 11.5 Å². The average molecular weight is 560 g/mol. The number of amides is 1. The van der Waals surface area contributed by atoms with Crippen molar-refractivity contribution in [2.45, 2.75) is 26.4 Å². The molecular formula is C25H24Br2N2O3. The zero-order chi connectivity index (χ0) is 22.9. The average Bonchev–Trinajstić information content (AvgIpc) is 2.78. The Hall–Kier alpha value is -2.64. The Morgan fingerprint density at radius 3 is 2.38 bits per heavy atom. The molecule has 3 rings (SSSR count). The van der Waals surface area contributed by atoms with Gasteiger partial charge in [0, 0.05) is 14.5 Å². The number of nitrogens with zero attached hydrogens (tertiary/aromatic N) is 1. The third kappa shape index (κ3) is 7.21. The predicted molar refractivity (Wildman–Crippen MR) is 134 cm³/mol. The molecule has 0 spiro atoms. The molecule has 0 saturated carbocycles. The van der Waals surface area contributed by atoms with Crippen molar-refractivity contribution in [1.29, 1.82) is 0 Å². The number of hydrogen-bond acceptors (Lipinski definition) is 4. The quantitative estimate of drug-likeness (QED) is 0.242. The first-order valence-electron chi connectivity index (χ1n) is 10.1. The van der Waals surface area contributed by atoms with E-state index in [1.807, 2.05) is 66.7 Å². The summed E-state index contributed by atoms with van der Waals surface area (Å²) in [4.78, 5) is 12.2. The van der Waals surface area contributed by atoms with Gasteiger partial charge in [-0.2, -0.15) is 5.10 Å². The minimum atomic E-state index is -0.347. The van der Waals surface area contributed by atoms with Gasteiger partial charge in [-0.1, -0.05) is 76.0 Å². The molecule has 0 radical (unpaired) electrons. The van der Waals surface area contributed by atoms with E-state index in [1.165, 1.54) is 0 Å². The number of hydrogen-bond donors (Lipinski definition) is 1. The van der Waals surface area contributed by atoms with Gasteiger partial charge in [0.15, 0.2) is 6.61 Å². The van der Waals surface area contributed by atoms with Crippen molar-refractivity contribution in [1.82, 2.24) is 5.43 Å². The summed E-state index contributed by atoms with van der Waals surface area (Å²) in [5, 5.41) is 4.07. The maximum atomic E-state index is 12.2. The standard InChI is InChI=1S/C25H24Br2N2O3/c1-17(2)22-13-21(27)9-11-24(22)32-16-25(30)29-28-14-19-12-20(26)8-10-23(19)31-15-18-6-4-3-5-7-18/h3-14,17H,15-16H2,1-2H3,(H,29,30)/b28-14+. The van der Waals surface area contributed by atoms with Crippen LogP contribution in [0.1, 0.15) is 36.5 Å². The highest BCUT2D eigenvalue weighted by molar-refractivity contribution is 9.10. The summed E-state index contributed by atoms with van der Waals surface area (Å²) in [5.41, 5.74) is 5.35. The molecule has 7 heteroatoms. The van der Waals surface area contributed by atoms with Crippen LogP contribution in [0.3, 0.4) is 0 Å². The molecule has 1 N–H and O–H groups in total. The molecule has 5 nitrogen and oxygen atoms in total. The van der Waals surface area contributed by atoms with E-state index in [0.29, 0.717) is 18.1 Å². The highest BCUT2D eigenvalue weighted by Gasteiger charge is 2.10. The molecule has 0 saturated heterocycles. The monoisotopic (exact) mass is 558 g/mol. The number of rotatable bonds is 9. The van der Waals surface area contributed by atoms with Crippen molar-refractivity contribution < 1.29 is 14.3 Å². The molecule has 0 aliphatic rings. The van der Waals surface area contributed by atoms with Crippen LogP contribution in [0, 0.1) is 0 Å². The Labute approximate surface area is 205 Å². The van der Waals surface area contributed by atoms with Gasteiger partial charge in [-0.3, -0.25) is 4.79 Å². The van der Waals surface area contributed by atoms with E-state index >= 15 is 0 Å². The number of hydrazone groups is 1. The lowest BCUT2D eigenvalue weighted by molar-refractivity contribution is -0.123. The molecule has 0 fully saturated rings. The van der Waals surface area contributed by atoms with E-state index < -0.39 is 0 Å². The number of benzene rings is 3. The Balaban J connectivity index is 1.58. The smallest absolute Gasteiger partial charge is 0.277 e. The minimum absolute atomic E-state index is 0.130. The topological polar surface area (TPSA) is 59.9 Å². The van der Waals surface area contributed by atoms with Crippen LogP contribution in [0.4, 0.5) is 0 Å². The van der Waals surface area contributed by atoms with Gasteiger partial charge in [-0.15, -0.1) is 0 Å². The molecule has 3 aromatic carbocycles. The third-order valence-corrected chi connectivity index (χ3v) is 5.54. The van der Waals surface area contributed by atoms with E-state index in [-0.39, 0.29) is 18.4 Å². The molecule has 0 heterocycles. The summed E-state index contributed by atoms with van der Waals surface area (Å²) in [6.45, 7) is 4.46. The van der Waals surface area contributed by atoms with E-state index in [1.54, 1.807) is 6.21 Å². The number of ether oxygens (including phenoxy) is 2. The summed E-state index contributed by atoms with van der Waals surface area (Å²) in [5.74, 6) is 1.28. The number of nitrogens with one attached hydrogen (secondary N) is 1. The Bertz CT molecular complexity index is 1090. The first kappa shape index (κ1) is 24.0. The van der Waals surface area contributed by atoms with Gasteiger partial charge in [0.25, 0.3) is 5.91 Å². The molecule has 0 bridgehead atoms. The van der Waals surface area contributed by atoms with Crippen LogP contribution in [0.15, 0.2) is 80.8 Å². The predicted octanol–water partition coefficient (Wildman–Crippen LogP) is 6.44. The van der Waals surface area contributed by atoms with Gasteiger partial charge in [0.1, 0.15) is 18.1 Å². The summed E-state index contributed by atoms with van der Waals surface area (Å²) in [6.07, 6.45) is 1.56. The van der Waals surface area contributed by atoms with Crippen LogP contribution in [0.25, 0.3) is 0 Å². The highest BCUT2D eigenvalue weighted by Crippen LogP contribution is 2.29. The fraction of sp³-hybridized carbons (Fsp3) is 0.200. The van der Waals surface area contributed by atoms with Gasteiger partial charge in [-0.25, -0.2) is 5.43 Å². The molecule has 0 unspecified atom stereocenters. The van der Waals surface area contributed by atoms with Crippen LogP contribution in [0.5, 0.6) is 11.5 Å². The summed E-state index contributed by atoms with van der Waals surface area (Å²) in [6, 6.07) is 21.3. The summed E-state index contributed by atoms with van der Waals surface area (Å²) < 4.78 is 13.5. The fourth-order valence-electron chi connectivity index (χ4n) is 2.94. The van der Waals surface area contributed by atoms with Gasteiger partial charge in [0.05, 0.1) is 6.21 Å². The second-order valence-electron chi connectivity index (χ2n) is 7.38. The van der Waals surface area contributed by atoms with Crippen LogP contribution in [-0.2, 0) is 11.4 Å². The van der Waals surface area contributed by atoms with Crippen molar-refractivity contribution in [2.75, 3.05) is 6.61 Å². The van der Waals surface area contributed by atoms with Gasteiger partial charge < -0.3 is 9.47 Å². The maximum Gasteiger partial charge on any atom is 0.277 e. The molecule has 3 aromatic rings. The van der Waals surface area contributed by atoms with Crippen molar-refractivity contribution in [3.05, 3.63) is 92.4 Å². The Morgan fingerprint density at radius 2 is 1.66 bits per heavy atom. The second kappa shape index (κ2) is 11.8. The summed E-state index contributed by atoms with van der Waals surface area (Å²) >= 11 is 6.93. The summed E-state index contributed by atoms with van der Waals surface area (Å²) in [7, 11) is 0. The minimum Gasteiger partial charge on any atom is -0.488 e. The molecule has 32 heavy (non-hydrogen) atoms. The van der Waals surface area contributed by atoms with Crippen LogP contribution >= 0.6 is 31.9 Å². The van der Waals surface area contributed by atoms with Gasteiger partial charge in [-0.05, 0) is 53.4 Å². The van der Waals surface area contributed by atoms with Crippen LogP contribution in [0.2, 0.25) is 0 Å². The van der Waals surface area contributed by atoms with E-state index in [0.717, 1.165) is 25.6 Å². The van der Waals surface area contributed by atoms with Crippen molar-refractivity contribution >= 4 is 44.0 Å². The zero-order valence-electron chi connectivity index (χ0n) is 17.8. The molecule has 0 aliphatic heterocycles. The molecule has 0 aromatic heterocycles. The lowest BCUT2D eigenvalue weighted by atomic mass is 10.0. The van der Waals surface area contributed by atoms with Crippen molar-refractivity contribution in [2.24, 2.45) is 5.10 Å². The molecule has 166 valence electrons. The zero-order valence-corrected chi connectivity index (χ0v) is 21.0. The van der Waals surface area contributed by atoms with E-state index in [4.69, 9.17) is 9.47 Å². The van der Waals surface area contributed by atoms with Gasteiger partial charge in [0.2, 0.25) is 0 Å². The second-order valence-corrected chi connectivity index (χ2v) is 9.21.